The number of methoxy groups -OCH3 is 1. The number of ether oxygens (including phenoxy) is 1. The van der Waals surface area contributed by atoms with Crippen molar-refractivity contribution in [1.82, 2.24) is 9.55 Å². The number of hydrogen-bond acceptors (Lipinski definition) is 3. The van der Waals surface area contributed by atoms with Crippen LogP contribution in [0, 0.1) is 0 Å². The van der Waals surface area contributed by atoms with E-state index in [9.17, 15) is 18.0 Å². The summed E-state index contributed by atoms with van der Waals surface area (Å²) in [6.45, 7) is 0. The van der Waals surface area contributed by atoms with Crippen molar-refractivity contribution >= 4 is 27.8 Å². The van der Waals surface area contributed by atoms with Crippen molar-refractivity contribution < 1.29 is 22.7 Å². The SMILES string of the molecule is COC(=O)c1cn(-c2ccnc3ccc(C(F)(F)F)cc23)c2ccccc12. The Hall–Kier alpha value is -3.35. The largest absolute Gasteiger partial charge is 0.465 e. The molecule has 2 aromatic carbocycles. The molecule has 0 saturated heterocycles. The first-order chi connectivity index (χ1) is 12.9. The number of pyridine rings is 1. The second-order valence-electron chi connectivity index (χ2n) is 5.98. The molecule has 0 unspecified atom stereocenters. The van der Waals surface area contributed by atoms with Gasteiger partial charge in [0.15, 0.2) is 0 Å². The summed E-state index contributed by atoms with van der Waals surface area (Å²) >= 11 is 0. The predicted octanol–water partition coefficient (Wildman–Crippen LogP) is 4.98. The van der Waals surface area contributed by atoms with Gasteiger partial charge in [-0.2, -0.15) is 13.2 Å². The number of alkyl halides is 3. The molecule has 4 nitrogen and oxygen atoms in total. The number of halogens is 3. The molecule has 7 heteroatoms. The second-order valence-corrected chi connectivity index (χ2v) is 5.98. The van der Waals surface area contributed by atoms with E-state index < -0.39 is 17.7 Å². The molecule has 0 radical (unpaired) electrons. The van der Waals surface area contributed by atoms with Gasteiger partial charge in [-0.3, -0.25) is 4.98 Å². The maximum absolute atomic E-state index is 13.2. The summed E-state index contributed by atoms with van der Waals surface area (Å²) in [5, 5.41) is 0.991. The minimum atomic E-state index is -4.46. The van der Waals surface area contributed by atoms with Gasteiger partial charge in [0.25, 0.3) is 0 Å². The van der Waals surface area contributed by atoms with Gasteiger partial charge in [-0.15, -0.1) is 0 Å². The minimum Gasteiger partial charge on any atom is -0.465 e. The van der Waals surface area contributed by atoms with Crippen LogP contribution in [-0.2, 0) is 10.9 Å². The topological polar surface area (TPSA) is 44.1 Å². The summed E-state index contributed by atoms with van der Waals surface area (Å²) in [6, 6.07) is 12.2. The molecule has 0 aliphatic heterocycles. The molecule has 0 N–H and O–H groups in total. The van der Waals surface area contributed by atoms with Crippen molar-refractivity contribution in [3.05, 3.63) is 72.1 Å². The van der Waals surface area contributed by atoms with Gasteiger partial charge in [0, 0.05) is 23.2 Å². The number of hydrogen-bond donors (Lipinski definition) is 0. The lowest BCUT2D eigenvalue weighted by atomic mass is 10.1. The van der Waals surface area contributed by atoms with Crippen molar-refractivity contribution in [1.29, 1.82) is 0 Å². The van der Waals surface area contributed by atoms with Gasteiger partial charge in [0.05, 0.1) is 35.0 Å². The molecule has 0 amide bonds. The van der Waals surface area contributed by atoms with E-state index in [4.69, 9.17) is 4.74 Å². The number of fused-ring (bicyclic) bond motifs is 2. The summed E-state index contributed by atoms with van der Waals surface area (Å²) in [5.41, 5.74) is 1.19. The van der Waals surface area contributed by atoms with Gasteiger partial charge >= 0.3 is 12.1 Å². The van der Waals surface area contributed by atoms with Crippen LogP contribution in [0.25, 0.3) is 27.5 Å². The molecule has 4 rings (SSSR count). The van der Waals surface area contributed by atoms with E-state index in [1.807, 2.05) is 0 Å². The molecule has 0 spiro atoms. The zero-order chi connectivity index (χ0) is 19.2. The summed E-state index contributed by atoms with van der Waals surface area (Å²) in [4.78, 5) is 16.3. The Morgan fingerprint density at radius 3 is 2.59 bits per heavy atom. The predicted molar refractivity (Wildman–Crippen MR) is 94.9 cm³/mol. The molecule has 0 atom stereocenters. The number of nitrogens with zero attached hydrogens (tertiary/aromatic N) is 2. The van der Waals surface area contributed by atoms with E-state index in [0.717, 1.165) is 12.1 Å². The summed E-state index contributed by atoms with van der Waals surface area (Å²) < 4.78 is 46.0. The first-order valence-electron chi connectivity index (χ1n) is 8.05. The molecule has 2 heterocycles. The molecule has 0 aliphatic carbocycles. The fourth-order valence-electron chi connectivity index (χ4n) is 3.17. The lowest BCUT2D eigenvalue weighted by Gasteiger charge is -2.12. The van der Waals surface area contributed by atoms with Crippen molar-refractivity contribution in [3.8, 4) is 5.69 Å². The van der Waals surface area contributed by atoms with Crippen LogP contribution < -0.4 is 0 Å². The minimum absolute atomic E-state index is 0.337. The number of carbonyl (C=O) groups is 1. The lowest BCUT2D eigenvalue weighted by molar-refractivity contribution is -0.137. The number of aromatic nitrogens is 2. The number of carbonyl (C=O) groups excluding carboxylic acids is 1. The van der Waals surface area contributed by atoms with E-state index in [-0.39, 0.29) is 0 Å². The molecular weight excluding hydrogens is 357 g/mol. The summed E-state index contributed by atoms with van der Waals surface area (Å²) in [5.74, 6) is -0.515. The maximum atomic E-state index is 13.2. The molecule has 4 aromatic rings. The molecule has 0 fully saturated rings. The molecule has 136 valence electrons. The fourth-order valence-corrected chi connectivity index (χ4v) is 3.17. The van der Waals surface area contributed by atoms with Crippen LogP contribution in [0.3, 0.4) is 0 Å². The second kappa shape index (κ2) is 6.12. The van der Waals surface area contributed by atoms with Crippen LogP contribution >= 0.6 is 0 Å². The number of esters is 1. The maximum Gasteiger partial charge on any atom is 0.416 e. The molecular formula is C20H13F3N2O2. The van der Waals surface area contributed by atoms with Crippen molar-refractivity contribution in [2.75, 3.05) is 7.11 Å². The first-order valence-corrected chi connectivity index (χ1v) is 8.05. The van der Waals surface area contributed by atoms with Crippen molar-refractivity contribution in [2.45, 2.75) is 6.18 Å². The van der Waals surface area contributed by atoms with Crippen LogP contribution in [0.2, 0.25) is 0 Å². The van der Waals surface area contributed by atoms with Gasteiger partial charge in [-0.05, 0) is 30.3 Å². The summed E-state index contributed by atoms with van der Waals surface area (Å²) in [6.07, 6.45) is -1.36. The Morgan fingerprint density at radius 2 is 1.85 bits per heavy atom. The summed E-state index contributed by atoms with van der Waals surface area (Å²) in [7, 11) is 1.28. The van der Waals surface area contributed by atoms with Gasteiger partial charge in [-0.1, -0.05) is 18.2 Å². The van der Waals surface area contributed by atoms with Crippen LogP contribution in [0.4, 0.5) is 13.2 Å². The average molecular weight is 370 g/mol. The number of rotatable bonds is 2. The fraction of sp³-hybridized carbons (Fsp3) is 0.100. The van der Waals surface area contributed by atoms with Gasteiger partial charge < -0.3 is 9.30 Å². The third-order valence-corrected chi connectivity index (χ3v) is 4.42. The van der Waals surface area contributed by atoms with Crippen LogP contribution in [0.5, 0.6) is 0 Å². The average Bonchev–Trinajstić information content (AvgIpc) is 3.05. The first kappa shape index (κ1) is 17.1. The zero-order valence-corrected chi connectivity index (χ0v) is 14.1. The Balaban J connectivity index is 2.04. The standard InChI is InChI=1S/C20H13F3N2O2/c1-27-19(26)15-11-25(17-5-3-2-4-13(15)17)18-8-9-24-16-7-6-12(10-14(16)18)20(21,22)23/h2-11H,1H3. The third-order valence-electron chi connectivity index (χ3n) is 4.42. The molecule has 0 bridgehead atoms. The van der Waals surface area contributed by atoms with Gasteiger partial charge in [0.1, 0.15) is 0 Å². The van der Waals surface area contributed by atoms with E-state index in [2.05, 4.69) is 4.98 Å². The normalized spacial score (nSPS) is 11.9. The Kier molecular flexibility index (Phi) is 3.87. The van der Waals surface area contributed by atoms with Crippen LogP contribution in [0.1, 0.15) is 15.9 Å². The van der Waals surface area contributed by atoms with E-state index in [1.165, 1.54) is 19.4 Å². The highest BCUT2D eigenvalue weighted by Gasteiger charge is 2.31. The van der Waals surface area contributed by atoms with Crippen LogP contribution in [-0.4, -0.2) is 22.6 Å². The van der Waals surface area contributed by atoms with E-state index >= 15 is 0 Å². The van der Waals surface area contributed by atoms with Gasteiger partial charge in [0.2, 0.25) is 0 Å². The highest BCUT2D eigenvalue weighted by molar-refractivity contribution is 6.05. The van der Waals surface area contributed by atoms with E-state index in [0.29, 0.717) is 33.1 Å². The van der Waals surface area contributed by atoms with Crippen molar-refractivity contribution in [2.24, 2.45) is 0 Å². The molecule has 27 heavy (non-hydrogen) atoms. The monoisotopic (exact) mass is 370 g/mol. The number of para-hydroxylation sites is 1. The molecule has 0 saturated carbocycles. The highest BCUT2D eigenvalue weighted by Crippen LogP contribution is 2.34. The van der Waals surface area contributed by atoms with E-state index in [1.54, 1.807) is 41.1 Å². The molecule has 2 aromatic heterocycles. The third kappa shape index (κ3) is 2.81. The zero-order valence-electron chi connectivity index (χ0n) is 14.1. The Bertz CT molecular complexity index is 1180. The smallest absolute Gasteiger partial charge is 0.416 e. The Labute approximate surface area is 151 Å². The quantitative estimate of drug-likeness (QED) is 0.467. The van der Waals surface area contributed by atoms with Gasteiger partial charge in [-0.25, -0.2) is 4.79 Å². The number of benzene rings is 2. The Morgan fingerprint density at radius 1 is 1.07 bits per heavy atom. The van der Waals surface area contributed by atoms with Crippen molar-refractivity contribution in [3.63, 3.8) is 0 Å². The lowest BCUT2D eigenvalue weighted by Crippen LogP contribution is -2.05. The highest BCUT2D eigenvalue weighted by atomic mass is 19.4. The molecule has 0 aliphatic rings. The van der Waals surface area contributed by atoms with Crippen LogP contribution in [0.15, 0.2) is 60.9 Å².